The Morgan fingerprint density at radius 1 is 1.28 bits per heavy atom. The number of aryl methyl sites for hydroxylation is 1. The van der Waals surface area contributed by atoms with Gasteiger partial charge in [-0.15, -0.1) is 0 Å². The van der Waals surface area contributed by atoms with Gasteiger partial charge in [0.25, 0.3) is 0 Å². The molecular formula is C20H25N3O2. The topological polar surface area (TPSA) is 47.4 Å². The van der Waals surface area contributed by atoms with Crippen molar-refractivity contribution in [1.29, 1.82) is 0 Å². The van der Waals surface area contributed by atoms with Crippen molar-refractivity contribution in [2.75, 3.05) is 20.2 Å². The van der Waals surface area contributed by atoms with Gasteiger partial charge in [0, 0.05) is 24.9 Å². The summed E-state index contributed by atoms with van der Waals surface area (Å²) in [4.78, 5) is 13.7. The summed E-state index contributed by atoms with van der Waals surface area (Å²) in [5, 5.41) is 4.47. The highest BCUT2D eigenvalue weighted by molar-refractivity contribution is 5.86. The molecule has 1 saturated heterocycles. The highest BCUT2D eigenvalue weighted by Gasteiger charge is 2.25. The predicted molar refractivity (Wildman–Crippen MR) is 98.0 cm³/mol. The first-order valence-corrected chi connectivity index (χ1v) is 8.76. The highest BCUT2D eigenvalue weighted by Crippen LogP contribution is 2.31. The van der Waals surface area contributed by atoms with Gasteiger partial charge in [-0.2, -0.15) is 5.10 Å². The van der Waals surface area contributed by atoms with E-state index in [2.05, 4.69) is 39.0 Å². The molecule has 0 aliphatic carbocycles. The van der Waals surface area contributed by atoms with E-state index in [0.717, 1.165) is 30.9 Å². The quantitative estimate of drug-likeness (QED) is 0.599. The molecule has 5 heteroatoms. The number of hydrogen-bond acceptors (Lipinski definition) is 4. The molecule has 5 nitrogen and oxygen atoms in total. The lowest BCUT2D eigenvalue weighted by Gasteiger charge is -2.24. The van der Waals surface area contributed by atoms with Gasteiger partial charge in [0.15, 0.2) is 0 Å². The fourth-order valence-electron chi connectivity index (χ4n) is 3.35. The molecule has 1 aliphatic heterocycles. The Morgan fingerprint density at radius 3 is 2.76 bits per heavy atom. The van der Waals surface area contributed by atoms with Crippen molar-refractivity contribution in [3.8, 4) is 0 Å². The van der Waals surface area contributed by atoms with E-state index in [1.54, 1.807) is 6.08 Å². The molecule has 3 rings (SSSR count). The Hall–Kier alpha value is -2.40. The molecule has 132 valence electrons. The summed E-state index contributed by atoms with van der Waals surface area (Å²) >= 11 is 0. The highest BCUT2D eigenvalue weighted by atomic mass is 16.5. The van der Waals surface area contributed by atoms with E-state index in [1.807, 2.05) is 23.9 Å². The van der Waals surface area contributed by atoms with Crippen LogP contribution in [0.3, 0.4) is 0 Å². The molecule has 0 bridgehead atoms. The van der Waals surface area contributed by atoms with Crippen molar-refractivity contribution in [2.45, 2.75) is 32.4 Å². The van der Waals surface area contributed by atoms with E-state index in [4.69, 9.17) is 0 Å². The van der Waals surface area contributed by atoms with Gasteiger partial charge in [0.05, 0.1) is 19.3 Å². The van der Waals surface area contributed by atoms with Gasteiger partial charge in [-0.1, -0.05) is 24.3 Å². The number of carbonyl (C=O) groups excluding carboxylic acids is 1. The molecule has 1 aromatic carbocycles. The van der Waals surface area contributed by atoms with E-state index in [-0.39, 0.29) is 5.97 Å². The summed E-state index contributed by atoms with van der Waals surface area (Å²) in [6.07, 6.45) is 7.69. The van der Waals surface area contributed by atoms with E-state index in [1.165, 1.54) is 31.6 Å². The average Bonchev–Trinajstić information content (AvgIpc) is 3.27. The van der Waals surface area contributed by atoms with Crippen molar-refractivity contribution in [2.24, 2.45) is 0 Å². The van der Waals surface area contributed by atoms with Crippen molar-refractivity contribution < 1.29 is 9.53 Å². The SMILES string of the molecule is COC(=O)C=Cc1ccc(C2CCCN2CCn2ccc(C)n2)cc1. The first-order valence-electron chi connectivity index (χ1n) is 8.76. The molecule has 1 fully saturated rings. The minimum atomic E-state index is -0.333. The molecule has 0 amide bonds. The fourth-order valence-corrected chi connectivity index (χ4v) is 3.35. The summed E-state index contributed by atoms with van der Waals surface area (Å²) < 4.78 is 6.64. The van der Waals surface area contributed by atoms with Gasteiger partial charge in [-0.3, -0.25) is 9.58 Å². The van der Waals surface area contributed by atoms with E-state index in [9.17, 15) is 4.79 Å². The molecule has 2 heterocycles. The Labute approximate surface area is 148 Å². The van der Waals surface area contributed by atoms with Crippen LogP contribution >= 0.6 is 0 Å². The number of aromatic nitrogens is 2. The van der Waals surface area contributed by atoms with Crippen LogP contribution in [0.5, 0.6) is 0 Å². The third-order valence-electron chi connectivity index (χ3n) is 4.69. The molecule has 1 aromatic heterocycles. The first kappa shape index (κ1) is 17.4. The van der Waals surface area contributed by atoms with Crippen LogP contribution in [0.4, 0.5) is 0 Å². The second-order valence-electron chi connectivity index (χ2n) is 6.44. The average molecular weight is 339 g/mol. The van der Waals surface area contributed by atoms with Crippen molar-refractivity contribution >= 4 is 12.0 Å². The molecule has 1 aliphatic rings. The van der Waals surface area contributed by atoms with E-state index in [0.29, 0.717) is 6.04 Å². The summed E-state index contributed by atoms with van der Waals surface area (Å²) in [5.74, 6) is -0.333. The number of methoxy groups -OCH3 is 1. The summed E-state index contributed by atoms with van der Waals surface area (Å²) in [7, 11) is 1.38. The first-order chi connectivity index (χ1) is 12.2. The normalized spacial score (nSPS) is 18.1. The molecule has 0 N–H and O–H groups in total. The van der Waals surface area contributed by atoms with Crippen LogP contribution in [-0.4, -0.2) is 40.8 Å². The predicted octanol–water partition coefficient (Wildman–Crippen LogP) is 3.21. The molecule has 2 aromatic rings. The van der Waals surface area contributed by atoms with Gasteiger partial charge in [0.2, 0.25) is 0 Å². The Bertz CT molecular complexity index is 734. The van der Waals surface area contributed by atoms with Crippen molar-refractivity contribution in [3.63, 3.8) is 0 Å². The molecule has 1 atom stereocenters. The zero-order chi connectivity index (χ0) is 17.6. The Kier molecular flexibility index (Phi) is 5.66. The number of carbonyl (C=O) groups is 1. The number of nitrogens with zero attached hydrogens (tertiary/aromatic N) is 3. The monoisotopic (exact) mass is 339 g/mol. The molecule has 0 radical (unpaired) electrons. The number of rotatable bonds is 6. The van der Waals surface area contributed by atoms with Crippen LogP contribution in [-0.2, 0) is 16.1 Å². The lowest BCUT2D eigenvalue weighted by molar-refractivity contribution is -0.134. The summed E-state index contributed by atoms with van der Waals surface area (Å²) in [6, 6.07) is 11.0. The molecule has 0 saturated carbocycles. The van der Waals surface area contributed by atoms with E-state index < -0.39 is 0 Å². The molecular weight excluding hydrogens is 314 g/mol. The third-order valence-corrected chi connectivity index (χ3v) is 4.69. The van der Waals surface area contributed by atoms with Gasteiger partial charge in [0.1, 0.15) is 0 Å². The van der Waals surface area contributed by atoms with Crippen molar-refractivity contribution in [3.05, 3.63) is 59.4 Å². The van der Waals surface area contributed by atoms with Crippen molar-refractivity contribution in [1.82, 2.24) is 14.7 Å². The van der Waals surface area contributed by atoms with Crippen LogP contribution in [0.1, 0.15) is 35.7 Å². The molecule has 0 spiro atoms. The number of hydrogen-bond donors (Lipinski definition) is 0. The zero-order valence-electron chi connectivity index (χ0n) is 14.9. The standard InChI is InChI=1S/C20H25N3O2/c1-16-11-13-23(21-16)15-14-22-12-3-4-19(22)18-8-5-17(6-9-18)7-10-20(24)25-2/h5-11,13,19H,3-4,12,14-15H2,1-2H3. The second kappa shape index (κ2) is 8.12. The number of ether oxygens (including phenoxy) is 1. The zero-order valence-corrected chi connectivity index (χ0v) is 14.9. The third kappa shape index (κ3) is 4.57. The van der Waals surface area contributed by atoms with E-state index >= 15 is 0 Å². The summed E-state index contributed by atoms with van der Waals surface area (Å²) in [5.41, 5.74) is 3.41. The Morgan fingerprint density at radius 2 is 2.08 bits per heavy atom. The lowest BCUT2D eigenvalue weighted by atomic mass is 10.0. The smallest absolute Gasteiger partial charge is 0.330 e. The maximum absolute atomic E-state index is 11.2. The van der Waals surface area contributed by atoms with Crippen LogP contribution in [0.25, 0.3) is 6.08 Å². The molecule has 25 heavy (non-hydrogen) atoms. The second-order valence-corrected chi connectivity index (χ2v) is 6.44. The van der Waals surface area contributed by atoms with Crippen LogP contribution in [0, 0.1) is 6.92 Å². The summed E-state index contributed by atoms with van der Waals surface area (Å²) in [6.45, 7) is 5.08. The number of esters is 1. The largest absolute Gasteiger partial charge is 0.466 e. The number of likely N-dealkylation sites (tertiary alicyclic amines) is 1. The van der Waals surface area contributed by atoms with Gasteiger partial charge < -0.3 is 4.74 Å². The number of benzene rings is 1. The van der Waals surface area contributed by atoms with Gasteiger partial charge in [-0.25, -0.2) is 4.79 Å². The van der Waals surface area contributed by atoms with Crippen LogP contribution in [0.2, 0.25) is 0 Å². The van der Waals surface area contributed by atoms with Crippen LogP contribution < -0.4 is 0 Å². The van der Waals surface area contributed by atoms with Gasteiger partial charge >= 0.3 is 5.97 Å². The molecule has 1 unspecified atom stereocenters. The minimum Gasteiger partial charge on any atom is -0.466 e. The Balaban J connectivity index is 1.61. The lowest BCUT2D eigenvalue weighted by Crippen LogP contribution is -2.27. The van der Waals surface area contributed by atoms with Gasteiger partial charge in [-0.05, 0) is 49.6 Å². The maximum atomic E-state index is 11.2. The maximum Gasteiger partial charge on any atom is 0.330 e. The fraction of sp³-hybridized carbons (Fsp3) is 0.400. The van der Waals surface area contributed by atoms with Crippen LogP contribution in [0.15, 0.2) is 42.6 Å². The minimum absolute atomic E-state index is 0.333.